The van der Waals surface area contributed by atoms with Gasteiger partial charge in [-0.2, -0.15) is 0 Å². The van der Waals surface area contributed by atoms with Gasteiger partial charge in [0.25, 0.3) is 0 Å². The van der Waals surface area contributed by atoms with Crippen LogP contribution in [0.15, 0.2) is 18.5 Å². The molecule has 0 aliphatic rings. The van der Waals surface area contributed by atoms with E-state index < -0.39 is 23.7 Å². The number of rotatable bonds is 4. The van der Waals surface area contributed by atoms with Crippen LogP contribution >= 0.6 is 11.6 Å². The number of amides is 1. The number of nitrogens with one attached hydrogen (secondary N) is 1. The molecule has 0 radical (unpaired) electrons. The lowest BCUT2D eigenvalue weighted by Crippen LogP contribution is -2.35. The maximum Gasteiger partial charge on any atom is 0.408 e. The lowest BCUT2D eigenvalue weighted by Gasteiger charge is -2.23. The molecule has 0 aliphatic carbocycles. The van der Waals surface area contributed by atoms with Crippen molar-refractivity contribution < 1.29 is 19.4 Å². The summed E-state index contributed by atoms with van der Waals surface area (Å²) in [6, 6.07) is 0.799. The predicted octanol–water partition coefficient (Wildman–Crippen LogP) is 2.78. The summed E-state index contributed by atoms with van der Waals surface area (Å²) in [6.45, 7) is 5.17. The minimum Gasteiger partial charge on any atom is -0.481 e. The number of hydrogen-bond donors (Lipinski definition) is 2. The van der Waals surface area contributed by atoms with Crippen LogP contribution in [0.4, 0.5) is 4.79 Å². The number of ether oxygens (including phenoxy) is 1. The monoisotopic (exact) mass is 300 g/mol. The second-order valence-corrected chi connectivity index (χ2v) is 5.67. The van der Waals surface area contributed by atoms with Gasteiger partial charge < -0.3 is 15.2 Å². The molecule has 6 nitrogen and oxygen atoms in total. The maximum absolute atomic E-state index is 11.7. The molecule has 0 bridgehead atoms. The summed E-state index contributed by atoms with van der Waals surface area (Å²) in [5, 5.41) is 11.8. The second-order valence-electron chi connectivity index (χ2n) is 5.23. The van der Waals surface area contributed by atoms with Gasteiger partial charge in [0, 0.05) is 12.4 Å². The van der Waals surface area contributed by atoms with Crippen LogP contribution < -0.4 is 5.32 Å². The van der Waals surface area contributed by atoms with Gasteiger partial charge in [0.05, 0.1) is 17.5 Å². The summed E-state index contributed by atoms with van der Waals surface area (Å²) in [5.41, 5.74) is -0.157. The molecule has 1 amide bonds. The Morgan fingerprint density at radius 1 is 1.45 bits per heavy atom. The number of carboxylic acid groups (broad SMARTS) is 1. The molecule has 0 aromatic carbocycles. The third-order valence-corrected chi connectivity index (χ3v) is 2.40. The van der Waals surface area contributed by atoms with Gasteiger partial charge in [0.15, 0.2) is 0 Å². The first-order chi connectivity index (χ1) is 9.17. The SMILES string of the molecule is CC(C)(C)OC(=O)NC(CC(=O)O)c1cncc(Cl)c1. The van der Waals surface area contributed by atoms with Crippen molar-refractivity contribution in [3.63, 3.8) is 0 Å². The Morgan fingerprint density at radius 2 is 2.10 bits per heavy atom. The Balaban J connectivity index is 2.85. The van der Waals surface area contributed by atoms with Crippen molar-refractivity contribution in [2.45, 2.75) is 38.8 Å². The number of alkyl carbamates (subject to hydrolysis) is 1. The number of aliphatic carboxylic acids is 1. The van der Waals surface area contributed by atoms with E-state index in [1.807, 2.05) is 0 Å². The standard InChI is InChI=1S/C13H17ClN2O4/c1-13(2,3)20-12(19)16-10(5-11(17)18)8-4-9(14)7-15-6-8/h4,6-7,10H,5H2,1-3H3,(H,16,19)(H,17,18). The Hall–Kier alpha value is -1.82. The Morgan fingerprint density at radius 3 is 2.60 bits per heavy atom. The van der Waals surface area contributed by atoms with Gasteiger partial charge in [-0.05, 0) is 32.4 Å². The Kier molecular flexibility index (Phi) is 5.33. The molecule has 0 saturated heterocycles. The molecule has 0 saturated carbocycles. The topological polar surface area (TPSA) is 88.5 Å². The molecule has 0 aliphatic heterocycles. The largest absolute Gasteiger partial charge is 0.481 e. The first-order valence-corrected chi connectivity index (χ1v) is 6.37. The highest BCUT2D eigenvalue weighted by Gasteiger charge is 2.22. The number of carboxylic acids is 1. The number of carbonyl (C=O) groups excluding carboxylic acids is 1. The fourth-order valence-electron chi connectivity index (χ4n) is 1.50. The molecule has 0 spiro atoms. The Labute approximate surface area is 122 Å². The van der Waals surface area contributed by atoms with Crippen molar-refractivity contribution in [1.82, 2.24) is 10.3 Å². The molecule has 110 valence electrons. The molecule has 0 fully saturated rings. The molecule has 2 N–H and O–H groups in total. The lowest BCUT2D eigenvalue weighted by atomic mass is 10.1. The smallest absolute Gasteiger partial charge is 0.408 e. The third-order valence-electron chi connectivity index (χ3n) is 2.20. The summed E-state index contributed by atoms with van der Waals surface area (Å²) in [5.74, 6) is -1.05. The highest BCUT2D eigenvalue weighted by atomic mass is 35.5. The van der Waals surface area contributed by atoms with Gasteiger partial charge in [-0.25, -0.2) is 4.79 Å². The van der Waals surface area contributed by atoms with Crippen LogP contribution in [0.5, 0.6) is 0 Å². The van der Waals surface area contributed by atoms with Crippen molar-refractivity contribution in [2.75, 3.05) is 0 Å². The molecular weight excluding hydrogens is 284 g/mol. The average Bonchev–Trinajstić information content (AvgIpc) is 2.24. The maximum atomic E-state index is 11.7. The zero-order valence-corrected chi connectivity index (χ0v) is 12.3. The fraction of sp³-hybridized carbons (Fsp3) is 0.462. The molecule has 1 aromatic heterocycles. The molecular formula is C13H17ClN2O4. The van der Waals surface area contributed by atoms with Gasteiger partial charge in [0.1, 0.15) is 5.60 Å². The van der Waals surface area contributed by atoms with Gasteiger partial charge >= 0.3 is 12.1 Å². The van der Waals surface area contributed by atoms with Crippen molar-refractivity contribution in [3.8, 4) is 0 Å². The van der Waals surface area contributed by atoms with Crippen molar-refractivity contribution in [1.29, 1.82) is 0 Å². The number of aromatic nitrogens is 1. The molecule has 20 heavy (non-hydrogen) atoms. The van der Waals surface area contributed by atoms with E-state index in [4.69, 9.17) is 21.4 Å². The normalized spacial score (nSPS) is 12.6. The van der Waals surface area contributed by atoms with Crippen LogP contribution in [0.1, 0.15) is 38.8 Å². The number of hydrogen-bond acceptors (Lipinski definition) is 4. The zero-order valence-electron chi connectivity index (χ0n) is 11.5. The van der Waals surface area contributed by atoms with Gasteiger partial charge in [-0.3, -0.25) is 9.78 Å². The minimum atomic E-state index is -1.05. The van der Waals surface area contributed by atoms with Gasteiger partial charge in [-0.1, -0.05) is 11.6 Å². The number of halogens is 1. The van der Waals surface area contributed by atoms with E-state index >= 15 is 0 Å². The van der Waals surface area contributed by atoms with Crippen LogP contribution in [-0.2, 0) is 9.53 Å². The molecule has 7 heteroatoms. The first-order valence-electron chi connectivity index (χ1n) is 5.99. The molecule has 1 unspecified atom stereocenters. The molecule has 1 aromatic rings. The number of pyridine rings is 1. The predicted molar refractivity (Wildman–Crippen MR) is 73.6 cm³/mol. The molecule has 1 heterocycles. The van der Waals surface area contributed by atoms with Crippen molar-refractivity contribution in [3.05, 3.63) is 29.0 Å². The average molecular weight is 301 g/mol. The van der Waals surface area contributed by atoms with E-state index in [0.29, 0.717) is 10.6 Å². The summed E-state index contributed by atoms with van der Waals surface area (Å²) < 4.78 is 5.11. The van der Waals surface area contributed by atoms with E-state index in [-0.39, 0.29) is 6.42 Å². The lowest BCUT2D eigenvalue weighted by molar-refractivity contribution is -0.137. The Bertz CT molecular complexity index is 499. The fourth-order valence-corrected chi connectivity index (χ4v) is 1.68. The first kappa shape index (κ1) is 16.2. The van der Waals surface area contributed by atoms with Crippen molar-refractivity contribution in [2.24, 2.45) is 0 Å². The summed E-state index contributed by atoms with van der Waals surface area (Å²) >= 11 is 5.81. The van der Waals surface area contributed by atoms with Crippen LogP contribution in [-0.4, -0.2) is 27.8 Å². The number of carbonyl (C=O) groups is 2. The second kappa shape index (κ2) is 6.56. The molecule has 1 rings (SSSR count). The van der Waals surface area contributed by atoms with E-state index in [0.717, 1.165) is 0 Å². The number of nitrogens with zero attached hydrogens (tertiary/aromatic N) is 1. The molecule has 1 atom stereocenters. The minimum absolute atomic E-state index is 0.290. The van der Waals surface area contributed by atoms with E-state index in [1.54, 1.807) is 26.8 Å². The quantitative estimate of drug-likeness (QED) is 0.892. The highest BCUT2D eigenvalue weighted by Crippen LogP contribution is 2.20. The summed E-state index contributed by atoms with van der Waals surface area (Å²) in [4.78, 5) is 26.5. The highest BCUT2D eigenvalue weighted by molar-refractivity contribution is 6.30. The van der Waals surface area contributed by atoms with Crippen molar-refractivity contribution >= 4 is 23.7 Å². The van der Waals surface area contributed by atoms with Crippen LogP contribution in [0.2, 0.25) is 5.02 Å². The summed E-state index contributed by atoms with van der Waals surface area (Å²) in [7, 11) is 0. The van der Waals surface area contributed by atoms with Crippen LogP contribution in [0, 0.1) is 0 Å². The zero-order chi connectivity index (χ0) is 15.3. The van der Waals surface area contributed by atoms with Gasteiger partial charge in [-0.15, -0.1) is 0 Å². The van der Waals surface area contributed by atoms with E-state index in [9.17, 15) is 9.59 Å². The van der Waals surface area contributed by atoms with Crippen LogP contribution in [0.3, 0.4) is 0 Å². The van der Waals surface area contributed by atoms with E-state index in [1.165, 1.54) is 12.4 Å². The third kappa shape index (κ3) is 5.88. The van der Waals surface area contributed by atoms with Gasteiger partial charge in [0.2, 0.25) is 0 Å². The summed E-state index contributed by atoms with van der Waals surface area (Å²) in [6.07, 6.45) is 1.90. The van der Waals surface area contributed by atoms with Crippen LogP contribution in [0.25, 0.3) is 0 Å². The van der Waals surface area contributed by atoms with E-state index in [2.05, 4.69) is 10.3 Å².